The lowest BCUT2D eigenvalue weighted by Crippen LogP contribution is -2.44. The van der Waals surface area contributed by atoms with Gasteiger partial charge in [-0.3, -0.25) is 14.2 Å². The molecule has 0 unspecified atom stereocenters. The minimum atomic E-state index is -0.447. The van der Waals surface area contributed by atoms with Gasteiger partial charge in [0.25, 0.3) is 5.56 Å². The van der Waals surface area contributed by atoms with E-state index in [9.17, 15) is 19.2 Å². The van der Waals surface area contributed by atoms with E-state index in [0.717, 1.165) is 18.4 Å². The quantitative estimate of drug-likeness (QED) is 0.377. The van der Waals surface area contributed by atoms with Crippen LogP contribution in [-0.4, -0.2) is 46.1 Å². The lowest BCUT2D eigenvalue weighted by molar-refractivity contribution is 0.0970. The van der Waals surface area contributed by atoms with Crippen LogP contribution in [0.2, 0.25) is 0 Å². The minimum absolute atomic E-state index is 0.0716. The van der Waals surface area contributed by atoms with Crippen molar-refractivity contribution in [3.8, 4) is 11.8 Å². The number of hydrogen-bond acceptors (Lipinski definition) is 7. The number of anilines is 1. The van der Waals surface area contributed by atoms with Gasteiger partial charge in [0.2, 0.25) is 0 Å². The molecular weight excluding hydrogens is 487 g/mol. The zero-order valence-corrected chi connectivity index (χ0v) is 20.9. The molecule has 2 N–H and O–H groups in total. The number of Topliss-reactive ketones (excluding diaryl/α,β-unsaturated/α-hetero) is 1. The molecule has 0 radical (unpaired) electrons. The van der Waals surface area contributed by atoms with E-state index >= 15 is 0 Å². The number of carbonyl (C=O) groups is 1. The highest BCUT2D eigenvalue weighted by atomic mass is 19.1. The summed E-state index contributed by atoms with van der Waals surface area (Å²) >= 11 is 0. The molecule has 10 heteroatoms. The lowest BCUT2D eigenvalue weighted by Gasteiger charge is -2.33. The Hall–Kier alpha value is -4.49. The highest BCUT2D eigenvalue weighted by Crippen LogP contribution is 2.32. The fourth-order valence-electron chi connectivity index (χ4n) is 4.97. The molecule has 0 spiro atoms. The van der Waals surface area contributed by atoms with Gasteiger partial charge in [-0.15, -0.1) is 0 Å². The number of hydrogen-bond donors (Lipinski definition) is 1. The van der Waals surface area contributed by atoms with Crippen molar-refractivity contribution in [2.45, 2.75) is 32.0 Å². The van der Waals surface area contributed by atoms with Crippen LogP contribution in [0.3, 0.4) is 0 Å². The van der Waals surface area contributed by atoms with Gasteiger partial charge in [-0.25, -0.2) is 9.37 Å². The third kappa shape index (κ3) is 4.76. The van der Waals surface area contributed by atoms with Crippen molar-refractivity contribution in [2.24, 2.45) is 5.73 Å². The summed E-state index contributed by atoms with van der Waals surface area (Å²) in [5.41, 5.74) is 7.70. The van der Waals surface area contributed by atoms with Crippen molar-refractivity contribution in [1.29, 1.82) is 5.26 Å². The first-order valence-corrected chi connectivity index (χ1v) is 12.3. The molecule has 2 aromatic heterocycles. The standard InChI is InChI=1S/C28H27FN6O3/c1-38-22-6-2-4-19(12-22)24(36)16-34-17-32-25-23(13-30)27(33-11-3-5-21(31)15-33)35(26(25)28(34)37)14-18-7-9-20(29)10-8-18/h2,4,6-10,12,17,21H,3,5,11,14-16,31H2,1H3/t21-/m0/s1. The molecule has 1 fully saturated rings. The van der Waals surface area contributed by atoms with Gasteiger partial charge in [-0.2, -0.15) is 5.26 Å². The number of benzene rings is 2. The SMILES string of the molecule is COc1cccc(C(=O)Cn2cnc3c(C#N)c(N4CCC[C@H](N)C4)n(Cc4ccc(F)cc4)c3c2=O)c1. The number of nitrogens with zero attached hydrogens (tertiary/aromatic N) is 5. The van der Waals surface area contributed by atoms with Crippen LogP contribution in [0.25, 0.3) is 11.0 Å². The van der Waals surface area contributed by atoms with E-state index in [-0.39, 0.29) is 47.3 Å². The van der Waals surface area contributed by atoms with E-state index in [0.29, 0.717) is 30.2 Å². The summed E-state index contributed by atoms with van der Waals surface area (Å²) in [6.07, 6.45) is 3.02. The Morgan fingerprint density at radius 3 is 2.76 bits per heavy atom. The zero-order valence-electron chi connectivity index (χ0n) is 20.9. The van der Waals surface area contributed by atoms with Crippen LogP contribution in [0.1, 0.15) is 34.3 Å². The van der Waals surface area contributed by atoms with Crippen LogP contribution >= 0.6 is 0 Å². The summed E-state index contributed by atoms with van der Waals surface area (Å²) in [5.74, 6) is 0.439. The van der Waals surface area contributed by atoms with Gasteiger partial charge in [0.1, 0.15) is 40.1 Å². The normalized spacial score (nSPS) is 15.4. The van der Waals surface area contributed by atoms with E-state index in [1.54, 1.807) is 41.0 Å². The zero-order chi connectivity index (χ0) is 26.8. The Morgan fingerprint density at radius 1 is 1.26 bits per heavy atom. The monoisotopic (exact) mass is 514 g/mol. The molecule has 0 amide bonds. The summed E-state index contributed by atoms with van der Waals surface area (Å²) < 4.78 is 21.8. The van der Waals surface area contributed by atoms with E-state index in [1.165, 1.54) is 30.1 Å². The summed E-state index contributed by atoms with van der Waals surface area (Å²) in [5, 5.41) is 10.1. The van der Waals surface area contributed by atoms with Gasteiger partial charge >= 0.3 is 0 Å². The number of fused-ring (bicyclic) bond motifs is 1. The average molecular weight is 515 g/mol. The van der Waals surface area contributed by atoms with Crippen molar-refractivity contribution >= 4 is 22.6 Å². The predicted octanol–water partition coefficient (Wildman–Crippen LogP) is 3.08. The fourth-order valence-corrected chi connectivity index (χ4v) is 4.97. The second-order valence-corrected chi connectivity index (χ2v) is 9.40. The number of nitriles is 1. The number of ether oxygens (including phenoxy) is 1. The van der Waals surface area contributed by atoms with Gasteiger partial charge in [-0.1, -0.05) is 24.3 Å². The van der Waals surface area contributed by atoms with Crippen molar-refractivity contribution in [1.82, 2.24) is 14.1 Å². The van der Waals surface area contributed by atoms with Gasteiger partial charge in [-0.05, 0) is 42.7 Å². The molecule has 38 heavy (non-hydrogen) atoms. The van der Waals surface area contributed by atoms with E-state index in [1.807, 2.05) is 4.90 Å². The molecule has 9 nitrogen and oxygen atoms in total. The number of carbonyl (C=O) groups excluding carboxylic acids is 1. The Bertz CT molecular complexity index is 1600. The maximum Gasteiger partial charge on any atom is 0.278 e. The van der Waals surface area contributed by atoms with Crippen molar-refractivity contribution in [2.75, 3.05) is 25.1 Å². The van der Waals surface area contributed by atoms with Crippen LogP contribution < -0.4 is 20.9 Å². The van der Waals surface area contributed by atoms with Gasteiger partial charge in [0.05, 0.1) is 20.0 Å². The van der Waals surface area contributed by atoms with Crippen LogP contribution in [0.4, 0.5) is 10.2 Å². The molecule has 1 atom stereocenters. The first-order valence-electron chi connectivity index (χ1n) is 12.3. The first kappa shape index (κ1) is 25.2. The molecule has 0 saturated carbocycles. The van der Waals surface area contributed by atoms with Crippen LogP contribution in [-0.2, 0) is 13.1 Å². The molecular formula is C28H27FN6O3. The first-order chi connectivity index (χ1) is 18.4. The molecule has 1 aliphatic heterocycles. The highest BCUT2D eigenvalue weighted by molar-refractivity contribution is 5.96. The van der Waals surface area contributed by atoms with Gasteiger partial charge in [0, 0.05) is 31.2 Å². The molecule has 2 aromatic carbocycles. The lowest BCUT2D eigenvalue weighted by atomic mass is 10.1. The van der Waals surface area contributed by atoms with E-state index in [4.69, 9.17) is 10.5 Å². The molecule has 0 aliphatic carbocycles. The Kier molecular flexibility index (Phi) is 6.94. The van der Waals surface area contributed by atoms with Crippen LogP contribution in [0.15, 0.2) is 59.7 Å². The molecule has 1 aliphatic rings. The van der Waals surface area contributed by atoms with Crippen molar-refractivity contribution < 1.29 is 13.9 Å². The topological polar surface area (TPSA) is 119 Å². The Morgan fingerprint density at radius 2 is 2.05 bits per heavy atom. The smallest absolute Gasteiger partial charge is 0.278 e. The molecule has 4 aromatic rings. The van der Waals surface area contributed by atoms with Crippen molar-refractivity contribution in [3.05, 3.63) is 87.7 Å². The minimum Gasteiger partial charge on any atom is -0.497 e. The number of ketones is 1. The average Bonchev–Trinajstić information content (AvgIpc) is 3.25. The number of halogens is 1. The molecule has 194 valence electrons. The largest absolute Gasteiger partial charge is 0.497 e. The number of rotatable bonds is 7. The number of nitrogens with two attached hydrogens (primary N) is 1. The maximum atomic E-state index is 13.8. The maximum absolute atomic E-state index is 13.8. The summed E-state index contributed by atoms with van der Waals surface area (Å²) in [7, 11) is 1.51. The number of piperidine rings is 1. The van der Waals surface area contributed by atoms with E-state index < -0.39 is 5.56 Å². The number of aromatic nitrogens is 3. The fraction of sp³-hybridized carbons (Fsp3) is 0.286. The van der Waals surface area contributed by atoms with Crippen LogP contribution in [0.5, 0.6) is 5.75 Å². The molecule has 0 bridgehead atoms. The summed E-state index contributed by atoms with van der Waals surface area (Å²) in [6, 6.07) is 14.9. The second kappa shape index (κ2) is 10.5. The third-order valence-corrected chi connectivity index (χ3v) is 6.83. The molecule has 5 rings (SSSR count). The molecule has 3 heterocycles. The van der Waals surface area contributed by atoms with Gasteiger partial charge in [0.15, 0.2) is 5.78 Å². The second-order valence-electron chi connectivity index (χ2n) is 9.40. The van der Waals surface area contributed by atoms with Gasteiger partial charge < -0.3 is 19.9 Å². The Balaban J connectivity index is 1.64. The van der Waals surface area contributed by atoms with Crippen molar-refractivity contribution in [3.63, 3.8) is 0 Å². The number of methoxy groups -OCH3 is 1. The summed E-state index contributed by atoms with van der Waals surface area (Å²) in [6.45, 7) is 1.17. The predicted molar refractivity (Wildman–Crippen MR) is 141 cm³/mol. The molecule has 1 saturated heterocycles. The van der Waals surface area contributed by atoms with Crippen LogP contribution in [0, 0.1) is 17.1 Å². The highest BCUT2D eigenvalue weighted by Gasteiger charge is 2.29. The summed E-state index contributed by atoms with van der Waals surface area (Å²) in [4.78, 5) is 33.3. The third-order valence-electron chi connectivity index (χ3n) is 6.83. The van der Waals surface area contributed by atoms with E-state index in [2.05, 4.69) is 11.1 Å². The Labute approximate surface area is 218 Å².